The third-order valence-corrected chi connectivity index (χ3v) is 4.91. The van der Waals surface area contributed by atoms with E-state index in [9.17, 15) is 14.0 Å². The molecule has 2 amide bonds. The summed E-state index contributed by atoms with van der Waals surface area (Å²) in [5, 5.41) is 0. The molecule has 2 heterocycles. The maximum Gasteiger partial charge on any atom is 0.228 e. The zero-order valence-electron chi connectivity index (χ0n) is 13.7. The van der Waals surface area contributed by atoms with E-state index in [-0.39, 0.29) is 30.0 Å². The molecule has 0 aliphatic carbocycles. The Hall–Kier alpha value is -1.91. The van der Waals surface area contributed by atoms with Crippen LogP contribution in [0, 0.1) is 24.6 Å². The number of rotatable bonds is 2. The van der Waals surface area contributed by atoms with Gasteiger partial charge in [0.15, 0.2) is 0 Å². The first-order valence-corrected chi connectivity index (χ1v) is 8.31. The van der Waals surface area contributed by atoms with Gasteiger partial charge in [0, 0.05) is 31.7 Å². The Labute approximate surface area is 136 Å². The summed E-state index contributed by atoms with van der Waals surface area (Å²) >= 11 is 0. The molecule has 5 heteroatoms. The number of amides is 2. The van der Waals surface area contributed by atoms with E-state index >= 15 is 0 Å². The van der Waals surface area contributed by atoms with Crippen LogP contribution in [0.1, 0.15) is 31.7 Å². The zero-order valence-corrected chi connectivity index (χ0v) is 13.7. The number of hydrogen-bond acceptors (Lipinski definition) is 2. The van der Waals surface area contributed by atoms with Gasteiger partial charge in [0.2, 0.25) is 11.8 Å². The van der Waals surface area contributed by atoms with Crippen molar-refractivity contribution in [2.75, 3.05) is 24.5 Å². The molecule has 0 N–H and O–H groups in total. The molecule has 3 rings (SSSR count). The Morgan fingerprint density at radius 1 is 1.30 bits per heavy atom. The number of likely N-dealkylation sites (tertiary alicyclic amines) is 1. The van der Waals surface area contributed by atoms with Gasteiger partial charge in [-0.2, -0.15) is 0 Å². The number of carbonyl (C=O) groups is 2. The number of anilines is 1. The minimum atomic E-state index is -0.324. The van der Waals surface area contributed by atoms with Crippen LogP contribution in [0.4, 0.5) is 10.1 Å². The molecule has 2 atom stereocenters. The molecule has 1 aromatic carbocycles. The zero-order chi connectivity index (χ0) is 16.6. The predicted octanol–water partition coefficient (Wildman–Crippen LogP) is 2.75. The highest BCUT2D eigenvalue weighted by atomic mass is 19.1. The standard InChI is InChI=1S/C18H23FN2O2/c1-12-4-3-7-20(10-12)18(23)14-8-17(22)21(11-14)15-6-5-13(2)16(19)9-15/h5-6,9,12,14H,3-4,7-8,10-11H2,1-2H3/t12-,14+/m1/s1. The molecule has 4 nitrogen and oxygen atoms in total. The predicted molar refractivity (Wildman–Crippen MR) is 86.6 cm³/mol. The van der Waals surface area contributed by atoms with Gasteiger partial charge in [-0.15, -0.1) is 0 Å². The molecule has 0 spiro atoms. The third-order valence-electron chi connectivity index (χ3n) is 4.91. The molecule has 0 unspecified atom stereocenters. The average molecular weight is 318 g/mol. The fourth-order valence-electron chi connectivity index (χ4n) is 3.52. The fraction of sp³-hybridized carbons (Fsp3) is 0.556. The molecule has 23 heavy (non-hydrogen) atoms. The van der Waals surface area contributed by atoms with Crippen LogP contribution in [0.15, 0.2) is 18.2 Å². The van der Waals surface area contributed by atoms with Crippen LogP contribution in [-0.2, 0) is 9.59 Å². The number of benzene rings is 1. The van der Waals surface area contributed by atoms with Crippen molar-refractivity contribution in [2.45, 2.75) is 33.1 Å². The summed E-state index contributed by atoms with van der Waals surface area (Å²) in [7, 11) is 0. The summed E-state index contributed by atoms with van der Waals surface area (Å²) in [6.07, 6.45) is 2.40. The number of carbonyl (C=O) groups excluding carboxylic acids is 2. The number of halogens is 1. The Morgan fingerprint density at radius 3 is 2.78 bits per heavy atom. The van der Waals surface area contributed by atoms with Crippen molar-refractivity contribution >= 4 is 17.5 Å². The average Bonchev–Trinajstić information content (AvgIpc) is 2.91. The Kier molecular flexibility index (Phi) is 4.37. The molecular weight excluding hydrogens is 295 g/mol. The lowest BCUT2D eigenvalue weighted by Crippen LogP contribution is -2.43. The minimum absolute atomic E-state index is 0.0694. The number of piperidine rings is 1. The van der Waals surface area contributed by atoms with Crippen molar-refractivity contribution in [3.8, 4) is 0 Å². The van der Waals surface area contributed by atoms with Crippen molar-refractivity contribution in [2.24, 2.45) is 11.8 Å². The monoisotopic (exact) mass is 318 g/mol. The second-order valence-corrected chi connectivity index (χ2v) is 6.87. The Bertz CT molecular complexity index is 631. The largest absolute Gasteiger partial charge is 0.342 e. The molecule has 1 aromatic rings. The molecule has 0 aromatic heterocycles. The number of hydrogen-bond donors (Lipinski definition) is 0. The topological polar surface area (TPSA) is 40.6 Å². The summed E-state index contributed by atoms with van der Waals surface area (Å²) in [5.41, 5.74) is 1.09. The summed E-state index contributed by atoms with van der Waals surface area (Å²) < 4.78 is 13.7. The summed E-state index contributed by atoms with van der Waals surface area (Å²) in [6, 6.07) is 4.79. The third kappa shape index (κ3) is 3.23. The maximum absolute atomic E-state index is 13.7. The van der Waals surface area contributed by atoms with Crippen LogP contribution in [-0.4, -0.2) is 36.3 Å². The highest BCUT2D eigenvalue weighted by Gasteiger charge is 2.38. The van der Waals surface area contributed by atoms with Crippen molar-refractivity contribution in [1.82, 2.24) is 4.90 Å². The molecule has 0 saturated carbocycles. The molecule has 2 saturated heterocycles. The molecule has 0 bridgehead atoms. The summed E-state index contributed by atoms with van der Waals surface area (Å²) in [4.78, 5) is 28.4. The molecule has 0 radical (unpaired) electrons. The van der Waals surface area contributed by atoms with Crippen LogP contribution >= 0.6 is 0 Å². The van der Waals surface area contributed by atoms with Gasteiger partial charge in [-0.3, -0.25) is 9.59 Å². The van der Waals surface area contributed by atoms with E-state index in [1.54, 1.807) is 24.0 Å². The van der Waals surface area contributed by atoms with E-state index in [1.807, 2.05) is 4.90 Å². The van der Waals surface area contributed by atoms with Gasteiger partial charge in [-0.1, -0.05) is 13.0 Å². The van der Waals surface area contributed by atoms with Crippen LogP contribution < -0.4 is 4.90 Å². The first-order chi connectivity index (χ1) is 11.0. The SMILES string of the molecule is Cc1ccc(N2C[C@@H](C(=O)N3CCC[C@@H](C)C3)CC2=O)cc1F. The van der Waals surface area contributed by atoms with Gasteiger partial charge in [0.1, 0.15) is 5.82 Å². The molecular formula is C18H23FN2O2. The molecule has 2 aliphatic heterocycles. The lowest BCUT2D eigenvalue weighted by molar-refractivity contribution is -0.137. The highest BCUT2D eigenvalue weighted by molar-refractivity contribution is 6.00. The first kappa shape index (κ1) is 16.0. The van der Waals surface area contributed by atoms with Crippen molar-refractivity contribution in [3.05, 3.63) is 29.6 Å². The van der Waals surface area contributed by atoms with Gasteiger partial charge < -0.3 is 9.80 Å². The Morgan fingerprint density at radius 2 is 2.09 bits per heavy atom. The van der Waals surface area contributed by atoms with Crippen molar-refractivity contribution in [3.63, 3.8) is 0 Å². The van der Waals surface area contributed by atoms with Crippen LogP contribution in [0.5, 0.6) is 0 Å². The van der Waals surface area contributed by atoms with Crippen LogP contribution in [0.3, 0.4) is 0 Å². The van der Waals surface area contributed by atoms with Gasteiger partial charge in [0.25, 0.3) is 0 Å². The molecule has 124 valence electrons. The van der Waals surface area contributed by atoms with E-state index in [4.69, 9.17) is 0 Å². The van der Waals surface area contributed by atoms with E-state index in [0.717, 1.165) is 25.9 Å². The Balaban J connectivity index is 1.71. The quantitative estimate of drug-likeness (QED) is 0.841. The second kappa shape index (κ2) is 6.30. The summed E-state index contributed by atoms with van der Waals surface area (Å²) in [5.74, 6) is -0.143. The minimum Gasteiger partial charge on any atom is -0.342 e. The van der Waals surface area contributed by atoms with Gasteiger partial charge >= 0.3 is 0 Å². The fourth-order valence-corrected chi connectivity index (χ4v) is 3.52. The number of nitrogens with zero attached hydrogens (tertiary/aromatic N) is 2. The van der Waals surface area contributed by atoms with Gasteiger partial charge in [-0.05, 0) is 43.4 Å². The van der Waals surface area contributed by atoms with E-state index in [2.05, 4.69) is 6.92 Å². The highest BCUT2D eigenvalue weighted by Crippen LogP contribution is 2.28. The lowest BCUT2D eigenvalue weighted by atomic mass is 9.98. The number of aryl methyl sites for hydroxylation is 1. The lowest BCUT2D eigenvalue weighted by Gasteiger charge is -2.32. The second-order valence-electron chi connectivity index (χ2n) is 6.87. The smallest absolute Gasteiger partial charge is 0.228 e. The van der Waals surface area contributed by atoms with E-state index in [0.29, 0.717) is 23.7 Å². The van der Waals surface area contributed by atoms with Gasteiger partial charge in [0.05, 0.1) is 5.92 Å². The van der Waals surface area contributed by atoms with E-state index in [1.165, 1.54) is 6.07 Å². The van der Waals surface area contributed by atoms with Gasteiger partial charge in [-0.25, -0.2) is 4.39 Å². The van der Waals surface area contributed by atoms with Crippen LogP contribution in [0.2, 0.25) is 0 Å². The van der Waals surface area contributed by atoms with Crippen LogP contribution in [0.25, 0.3) is 0 Å². The molecule has 2 fully saturated rings. The normalized spacial score (nSPS) is 25.1. The van der Waals surface area contributed by atoms with Crippen molar-refractivity contribution in [1.29, 1.82) is 0 Å². The van der Waals surface area contributed by atoms with E-state index < -0.39 is 0 Å². The maximum atomic E-state index is 13.7. The summed E-state index contributed by atoms with van der Waals surface area (Å²) in [6.45, 7) is 5.76. The first-order valence-electron chi connectivity index (χ1n) is 8.31. The van der Waals surface area contributed by atoms with Crippen molar-refractivity contribution < 1.29 is 14.0 Å². The molecule has 2 aliphatic rings.